The molecule has 0 amide bonds. The Bertz CT molecular complexity index is 921. The Morgan fingerprint density at radius 3 is 2.71 bits per heavy atom. The number of alkyl halides is 2. The van der Waals surface area contributed by atoms with Gasteiger partial charge in [-0.2, -0.15) is 15.1 Å². The zero-order chi connectivity index (χ0) is 22.0. The van der Waals surface area contributed by atoms with Crippen molar-refractivity contribution in [3.05, 3.63) is 24.0 Å². The van der Waals surface area contributed by atoms with Crippen LogP contribution in [0.2, 0.25) is 0 Å². The molecule has 4 rings (SSSR count). The molecule has 1 aliphatic heterocycles. The van der Waals surface area contributed by atoms with Gasteiger partial charge in [0, 0.05) is 44.2 Å². The molecule has 0 atom stereocenters. The number of ether oxygens (including phenoxy) is 2. The summed E-state index contributed by atoms with van der Waals surface area (Å²) in [5.74, 6) is -2.09. The second-order valence-electron chi connectivity index (χ2n) is 7.99. The maximum Gasteiger partial charge on any atom is 0.358 e. The molecular weight excluding hydrogens is 410 g/mol. The van der Waals surface area contributed by atoms with E-state index in [1.807, 2.05) is 7.05 Å². The lowest BCUT2D eigenvalue weighted by molar-refractivity contribution is -0.0361. The highest BCUT2D eigenvalue weighted by atomic mass is 19.3. The third-order valence-electron chi connectivity index (χ3n) is 5.36. The highest BCUT2D eigenvalue weighted by molar-refractivity contribution is 5.87. The van der Waals surface area contributed by atoms with Gasteiger partial charge >= 0.3 is 5.97 Å². The molecule has 2 fully saturated rings. The van der Waals surface area contributed by atoms with E-state index in [9.17, 15) is 13.6 Å². The molecule has 0 aromatic carbocycles. The first-order valence-electron chi connectivity index (χ1n) is 10.4. The van der Waals surface area contributed by atoms with Crippen LogP contribution in [-0.2, 0) is 4.74 Å². The van der Waals surface area contributed by atoms with E-state index in [4.69, 9.17) is 9.47 Å². The monoisotopic (exact) mass is 436 g/mol. The van der Waals surface area contributed by atoms with Crippen molar-refractivity contribution in [1.29, 1.82) is 0 Å². The van der Waals surface area contributed by atoms with Crippen molar-refractivity contribution in [3.8, 4) is 11.8 Å². The average Bonchev–Trinajstić information content (AvgIpc) is 3.19. The van der Waals surface area contributed by atoms with Gasteiger partial charge in [0.25, 0.3) is 5.95 Å². The van der Waals surface area contributed by atoms with E-state index in [2.05, 4.69) is 25.3 Å². The maximum atomic E-state index is 13.5. The number of halogens is 2. The Morgan fingerprint density at radius 1 is 1.29 bits per heavy atom. The van der Waals surface area contributed by atoms with Gasteiger partial charge in [0.15, 0.2) is 5.69 Å². The summed E-state index contributed by atoms with van der Waals surface area (Å²) in [6.45, 7) is 3.54. The van der Waals surface area contributed by atoms with Crippen LogP contribution in [0.4, 0.5) is 14.6 Å². The predicted octanol–water partition coefficient (Wildman–Crippen LogP) is 2.52. The second kappa shape index (κ2) is 8.74. The lowest BCUT2D eigenvalue weighted by Crippen LogP contribution is -2.51. The molecule has 2 aliphatic rings. The summed E-state index contributed by atoms with van der Waals surface area (Å²) < 4.78 is 39.3. The first-order chi connectivity index (χ1) is 14.8. The lowest BCUT2D eigenvalue weighted by atomic mass is 9.92. The number of nitrogens with zero attached hydrogens (tertiary/aromatic N) is 5. The smallest absolute Gasteiger partial charge is 0.358 e. The first kappa shape index (κ1) is 21.4. The van der Waals surface area contributed by atoms with Crippen LogP contribution >= 0.6 is 0 Å². The number of aromatic nitrogens is 4. The zero-order valence-corrected chi connectivity index (χ0v) is 17.6. The van der Waals surface area contributed by atoms with Gasteiger partial charge in [-0.1, -0.05) is 0 Å². The number of rotatable bonds is 7. The van der Waals surface area contributed by atoms with Gasteiger partial charge in [-0.3, -0.25) is 4.90 Å². The average molecular weight is 436 g/mol. The van der Waals surface area contributed by atoms with E-state index < -0.39 is 11.9 Å². The van der Waals surface area contributed by atoms with Crippen LogP contribution < -0.4 is 10.1 Å². The van der Waals surface area contributed by atoms with Crippen LogP contribution in [0.25, 0.3) is 5.95 Å². The number of hydrogen-bond donors (Lipinski definition) is 1. The fourth-order valence-corrected chi connectivity index (χ4v) is 3.68. The molecule has 11 heteroatoms. The molecule has 168 valence electrons. The molecule has 0 bridgehead atoms. The van der Waals surface area contributed by atoms with Crippen molar-refractivity contribution in [2.75, 3.05) is 32.1 Å². The molecule has 0 spiro atoms. The highest BCUT2D eigenvalue weighted by Crippen LogP contribution is 2.34. The summed E-state index contributed by atoms with van der Waals surface area (Å²) in [6, 6.07) is 3.08. The quantitative estimate of drug-likeness (QED) is 0.662. The summed E-state index contributed by atoms with van der Waals surface area (Å²) in [5, 5.41) is 7.43. The lowest BCUT2D eigenvalue weighted by Gasteiger charge is -2.35. The van der Waals surface area contributed by atoms with Crippen molar-refractivity contribution in [2.24, 2.45) is 0 Å². The second-order valence-corrected chi connectivity index (χ2v) is 7.99. The normalized spacial score (nSPS) is 19.6. The SMILES string of the molecule is CCOC(=O)c1ccn(-c2nc(NC3CCC(F)(F)CC3)cc(OC3CN(C)C3)n2)n1. The largest absolute Gasteiger partial charge is 0.471 e. The number of carbonyl (C=O) groups excluding carboxylic acids is 1. The minimum absolute atomic E-state index is 0.0155. The van der Waals surface area contributed by atoms with Gasteiger partial charge in [0.05, 0.1) is 6.61 Å². The summed E-state index contributed by atoms with van der Waals surface area (Å²) >= 11 is 0. The van der Waals surface area contributed by atoms with E-state index in [0.29, 0.717) is 24.5 Å². The molecule has 31 heavy (non-hydrogen) atoms. The van der Waals surface area contributed by atoms with Gasteiger partial charge in [-0.05, 0) is 32.9 Å². The number of nitrogens with one attached hydrogen (secondary N) is 1. The summed E-state index contributed by atoms with van der Waals surface area (Å²) in [5.41, 5.74) is 0.140. The summed E-state index contributed by atoms with van der Waals surface area (Å²) in [7, 11) is 2.00. The van der Waals surface area contributed by atoms with Gasteiger partial charge < -0.3 is 14.8 Å². The number of hydrogen-bond acceptors (Lipinski definition) is 8. The van der Waals surface area contributed by atoms with E-state index >= 15 is 0 Å². The Labute approximate surface area is 178 Å². The molecule has 2 aromatic rings. The van der Waals surface area contributed by atoms with Gasteiger partial charge in [0.1, 0.15) is 11.9 Å². The summed E-state index contributed by atoms with van der Waals surface area (Å²) in [6.07, 6.45) is 1.98. The third-order valence-corrected chi connectivity index (χ3v) is 5.36. The van der Waals surface area contributed by atoms with Gasteiger partial charge in [-0.15, -0.1) is 0 Å². The maximum absolute atomic E-state index is 13.5. The molecule has 3 heterocycles. The van der Waals surface area contributed by atoms with Crippen LogP contribution in [0, 0.1) is 0 Å². The molecule has 1 aliphatic carbocycles. The van der Waals surface area contributed by atoms with Gasteiger partial charge in [0.2, 0.25) is 11.8 Å². The van der Waals surface area contributed by atoms with Crippen LogP contribution in [0.15, 0.2) is 18.3 Å². The molecule has 1 N–H and O–H groups in total. The van der Waals surface area contributed by atoms with Crippen molar-refractivity contribution < 1.29 is 23.0 Å². The van der Waals surface area contributed by atoms with Crippen LogP contribution in [-0.4, -0.2) is 75.4 Å². The minimum atomic E-state index is -2.60. The van der Waals surface area contributed by atoms with Crippen LogP contribution in [0.3, 0.4) is 0 Å². The number of anilines is 1. The molecule has 9 nitrogen and oxygen atoms in total. The first-order valence-corrected chi connectivity index (χ1v) is 10.4. The van der Waals surface area contributed by atoms with Crippen molar-refractivity contribution >= 4 is 11.8 Å². The van der Waals surface area contributed by atoms with E-state index in [1.165, 1.54) is 10.7 Å². The summed E-state index contributed by atoms with van der Waals surface area (Å²) in [4.78, 5) is 22.9. The number of likely N-dealkylation sites (N-methyl/N-ethyl adjacent to an activating group) is 1. The topological polar surface area (TPSA) is 94.4 Å². The Morgan fingerprint density at radius 2 is 2.03 bits per heavy atom. The fraction of sp³-hybridized carbons (Fsp3) is 0.600. The molecule has 1 saturated heterocycles. The number of likely N-dealkylation sites (tertiary alicyclic amines) is 1. The Kier molecular flexibility index (Phi) is 6.03. The van der Waals surface area contributed by atoms with Crippen molar-refractivity contribution in [2.45, 2.75) is 50.7 Å². The zero-order valence-electron chi connectivity index (χ0n) is 17.6. The van der Waals surface area contributed by atoms with E-state index in [-0.39, 0.29) is 43.2 Å². The Hall–Kier alpha value is -2.82. The fourth-order valence-electron chi connectivity index (χ4n) is 3.68. The van der Waals surface area contributed by atoms with Crippen molar-refractivity contribution in [1.82, 2.24) is 24.6 Å². The third kappa shape index (κ3) is 5.27. The van der Waals surface area contributed by atoms with Gasteiger partial charge in [-0.25, -0.2) is 18.3 Å². The molecule has 0 unspecified atom stereocenters. The van der Waals surface area contributed by atoms with E-state index in [0.717, 1.165) is 13.1 Å². The molecule has 1 saturated carbocycles. The van der Waals surface area contributed by atoms with Crippen LogP contribution in [0.5, 0.6) is 5.88 Å². The molecule has 2 aromatic heterocycles. The Balaban J connectivity index is 1.55. The number of carbonyl (C=O) groups is 1. The standard InChI is InChI=1S/C20H26F2N6O3/c1-3-30-18(29)15-6-9-28(26-15)19-24-16(23-13-4-7-20(21,22)8-5-13)10-17(25-19)31-14-11-27(2)12-14/h6,9-10,13-14H,3-5,7-8,11-12H2,1-2H3,(H,23,24,25). The molecule has 0 radical (unpaired) electrons. The highest BCUT2D eigenvalue weighted by Gasteiger charge is 2.35. The molecular formula is C20H26F2N6O3. The van der Waals surface area contributed by atoms with Crippen LogP contribution in [0.1, 0.15) is 43.1 Å². The van der Waals surface area contributed by atoms with Crippen molar-refractivity contribution in [3.63, 3.8) is 0 Å². The number of esters is 1. The minimum Gasteiger partial charge on any atom is -0.471 e. The predicted molar refractivity (Wildman–Crippen MR) is 108 cm³/mol. The van der Waals surface area contributed by atoms with E-state index in [1.54, 1.807) is 19.2 Å².